The number of nitrogens with zero attached hydrogens (tertiary/aromatic N) is 1. The van der Waals surface area contributed by atoms with Gasteiger partial charge in [-0.15, -0.1) is 0 Å². The standard InChI is InChI=1S/C18H14ClFN2O2S/c1-11-6-7-13(9-14(11)19)21-10-22-17(23)16(25-18(22)24)8-12-4-2-3-5-15(12)20/h2-9,21H,10H2,1H3/b16-8-. The molecule has 4 nitrogen and oxygen atoms in total. The lowest BCUT2D eigenvalue weighted by Gasteiger charge is -2.15. The SMILES string of the molecule is Cc1ccc(NCN2C(=O)S/C(=C\c3ccccc3F)C2=O)cc1Cl. The predicted molar refractivity (Wildman–Crippen MR) is 98.9 cm³/mol. The summed E-state index contributed by atoms with van der Waals surface area (Å²) >= 11 is 6.85. The lowest BCUT2D eigenvalue weighted by atomic mass is 10.2. The second-order valence-electron chi connectivity index (χ2n) is 5.43. The molecule has 0 aliphatic carbocycles. The molecule has 1 fully saturated rings. The summed E-state index contributed by atoms with van der Waals surface area (Å²) in [5.74, 6) is -0.898. The van der Waals surface area contributed by atoms with Crippen molar-refractivity contribution in [3.8, 4) is 0 Å². The van der Waals surface area contributed by atoms with Gasteiger partial charge in [-0.3, -0.25) is 14.5 Å². The van der Waals surface area contributed by atoms with Crippen molar-refractivity contribution in [3.63, 3.8) is 0 Å². The molecule has 0 radical (unpaired) electrons. The van der Waals surface area contributed by atoms with E-state index in [4.69, 9.17) is 11.6 Å². The van der Waals surface area contributed by atoms with Gasteiger partial charge in [0.1, 0.15) is 5.82 Å². The Balaban J connectivity index is 1.73. The average molecular weight is 377 g/mol. The molecule has 1 aliphatic heterocycles. The quantitative estimate of drug-likeness (QED) is 0.771. The fraction of sp³-hybridized carbons (Fsp3) is 0.111. The number of thioether (sulfide) groups is 1. The Kier molecular flexibility index (Phi) is 5.11. The zero-order valence-electron chi connectivity index (χ0n) is 13.3. The Labute approximate surface area is 153 Å². The van der Waals surface area contributed by atoms with E-state index in [1.165, 1.54) is 12.1 Å². The number of rotatable bonds is 4. The van der Waals surface area contributed by atoms with Crippen LogP contribution in [0.2, 0.25) is 5.02 Å². The number of amides is 2. The van der Waals surface area contributed by atoms with Gasteiger partial charge in [-0.1, -0.05) is 35.9 Å². The number of benzene rings is 2. The fourth-order valence-electron chi connectivity index (χ4n) is 2.24. The van der Waals surface area contributed by atoms with Gasteiger partial charge in [0.15, 0.2) is 0 Å². The number of anilines is 1. The molecular formula is C18H14ClFN2O2S. The predicted octanol–water partition coefficient (Wildman–Crippen LogP) is 4.89. The molecule has 0 aromatic heterocycles. The Bertz CT molecular complexity index is 885. The first kappa shape index (κ1) is 17.5. The van der Waals surface area contributed by atoms with Gasteiger partial charge in [-0.25, -0.2) is 4.39 Å². The van der Waals surface area contributed by atoms with Crippen LogP contribution in [0.15, 0.2) is 47.4 Å². The first-order valence-corrected chi connectivity index (χ1v) is 8.65. The zero-order valence-corrected chi connectivity index (χ0v) is 14.8. The van der Waals surface area contributed by atoms with Crippen LogP contribution in [0.4, 0.5) is 14.9 Å². The Morgan fingerprint density at radius 3 is 2.72 bits per heavy atom. The van der Waals surface area contributed by atoms with Crippen molar-refractivity contribution < 1.29 is 14.0 Å². The van der Waals surface area contributed by atoms with E-state index >= 15 is 0 Å². The zero-order chi connectivity index (χ0) is 18.0. The lowest BCUT2D eigenvalue weighted by Crippen LogP contribution is -2.33. The van der Waals surface area contributed by atoms with Crippen molar-refractivity contribution in [1.29, 1.82) is 0 Å². The summed E-state index contributed by atoms with van der Waals surface area (Å²) < 4.78 is 13.7. The monoisotopic (exact) mass is 376 g/mol. The van der Waals surface area contributed by atoms with Crippen LogP contribution in [0.1, 0.15) is 11.1 Å². The van der Waals surface area contributed by atoms with Crippen LogP contribution in [0.5, 0.6) is 0 Å². The van der Waals surface area contributed by atoms with Crippen LogP contribution in [0, 0.1) is 12.7 Å². The maximum atomic E-state index is 13.7. The number of hydrogen-bond acceptors (Lipinski definition) is 4. The van der Waals surface area contributed by atoms with Crippen molar-refractivity contribution in [3.05, 3.63) is 69.3 Å². The minimum Gasteiger partial charge on any atom is -0.367 e. The third kappa shape index (κ3) is 3.86. The summed E-state index contributed by atoms with van der Waals surface area (Å²) in [4.78, 5) is 25.7. The molecule has 128 valence electrons. The van der Waals surface area contributed by atoms with E-state index in [2.05, 4.69) is 5.32 Å². The van der Waals surface area contributed by atoms with E-state index in [0.717, 1.165) is 22.2 Å². The van der Waals surface area contributed by atoms with Crippen LogP contribution in [0.3, 0.4) is 0 Å². The second kappa shape index (κ2) is 7.29. The lowest BCUT2D eigenvalue weighted by molar-refractivity contribution is -0.122. The highest BCUT2D eigenvalue weighted by Gasteiger charge is 2.34. The van der Waals surface area contributed by atoms with Crippen molar-refractivity contribution in [2.24, 2.45) is 0 Å². The normalized spacial score (nSPS) is 16.0. The molecule has 0 saturated carbocycles. The highest BCUT2D eigenvalue weighted by atomic mass is 35.5. The second-order valence-corrected chi connectivity index (χ2v) is 6.83. The molecule has 2 aromatic rings. The average Bonchev–Trinajstić information content (AvgIpc) is 2.85. The minimum atomic E-state index is -0.455. The van der Waals surface area contributed by atoms with Gasteiger partial charge in [0.25, 0.3) is 11.1 Å². The Morgan fingerprint density at radius 1 is 1.24 bits per heavy atom. The van der Waals surface area contributed by atoms with Gasteiger partial charge in [-0.2, -0.15) is 0 Å². The van der Waals surface area contributed by atoms with E-state index in [9.17, 15) is 14.0 Å². The molecule has 1 N–H and O–H groups in total. The molecular weight excluding hydrogens is 363 g/mol. The molecule has 25 heavy (non-hydrogen) atoms. The van der Waals surface area contributed by atoms with E-state index < -0.39 is 17.0 Å². The van der Waals surface area contributed by atoms with Crippen LogP contribution in [-0.2, 0) is 4.79 Å². The van der Waals surface area contributed by atoms with Crippen molar-refractivity contribution >= 4 is 46.3 Å². The number of nitrogens with one attached hydrogen (secondary N) is 1. The molecule has 2 aromatic carbocycles. The van der Waals surface area contributed by atoms with Gasteiger partial charge >= 0.3 is 0 Å². The van der Waals surface area contributed by atoms with Gasteiger partial charge < -0.3 is 5.32 Å². The summed E-state index contributed by atoms with van der Waals surface area (Å²) in [6.07, 6.45) is 1.39. The summed E-state index contributed by atoms with van der Waals surface area (Å²) in [6.45, 7) is 1.90. The van der Waals surface area contributed by atoms with Gasteiger partial charge in [0.2, 0.25) is 0 Å². The van der Waals surface area contributed by atoms with E-state index in [0.29, 0.717) is 10.7 Å². The summed E-state index contributed by atoms with van der Waals surface area (Å²) in [6, 6.07) is 11.5. The van der Waals surface area contributed by atoms with E-state index in [1.54, 1.807) is 24.3 Å². The topological polar surface area (TPSA) is 49.4 Å². The summed E-state index contributed by atoms with van der Waals surface area (Å²) in [7, 11) is 0. The summed E-state index contributed by atoms with van der Waals surface area (Å²) in [5, 5.41) is 3.19. The molecule has 0 atom stereocenters. The Morgan fingerprint density at radius 2 is 2.00 bits per heavy atom. The first-order valence-electron chi connectivity index (χ1n) is 7.45. The van der Waals surface area contributed by atoms with Crippen LogP contribution < -0.4 is 5.32 Å². The van der Waals surface area contributed by atoms with E-state index in [-0.39, 0.29) is 17.1 Å². The molecule has 0 unspecified atom stereocenters. The molecule has 1 heterocycles. The largest absolute Gasteiger partial charge is 0.367 e. The number of halogens is 2. The maximum absolute atomic E-state index is 13.7. The van der Waals surface area contributed by atoms with Gasteiger partial charge in [-0.05, 0) is 48.5 Å². The molecule has 7 heteroatoms. The van der Waals surface area contributed by atoms with E-state index in [1.807, 2.05) is 19.1 Å². The third-order valence-electron chi connectivity index (χ3n) is 3.68. The first-order chi connectivity index (χ1) is 12.0. The highest BCUT2D eigenvalue weighted by molar-refractivity contribution is 8.18. The van der Waals surface area contributed by atoms with Crippen molar-refractivity contribution in [1.82, 2.24) is 4.90 Å². The number of aryl methyl sites for hydroxylation is 1. The number of carbonyl (C=O) groups is 2. The molecule has 0 spiro atoms. The molecule has 1 aliphatic rings. The van der Waals surface area contributed by atoms with Gasteiger partial charge in [0, 0.05) is 16.3 Å². The number of carbonyl (C=O) groups excluding carboxylic acids is 2. The fourth-order valence-corrected chi connectivity index (χ4v) is 3.25. The summed E-state index contributed by atoms with van der Waals surface area (Å²) in [5.41, 5.74) is 1.91. The van der Waals surface area contributed by atoms with Crippen molar-refractivity contribution in [2.75, 3.05) is 12.0 Å². The number of hydrogen-bond donors (Lipinski definition) is 1. The van der Waals surface area contributed by atoms with Crippen molar-refractivity contribution in [2.45, 2.75) is 6.92 Å². The van der Waals surface area contributed by atoms with Crippen LogP contribution >= 0.6 is 23.4 Å². The maximum Gasteiger partial charge on any atom is 0.295 e. The smallest absolute Gasteiger partial charge is 0.295 e. The van der Waals surface area contributed by atoms with Crippen LogP contribution in [0.25, 0.3) is 6.08 Å². The molecule has 1 saturated heterocycles. The van der Waals surface area contributed by atoms with Crippen LogP contribution in [-0.4, -0.2) is 22.7 Å². The third-order valence-corrected chi connectivity index (χ3v) is 4.99. The molecule has 2 amide bonds. The minimum absolute atomic E-state index is 0.0126. The van der Waals surface area contributed by atoms with Gasteiger partial charge in [0.05, 0.1) is 11.6 Å². The Hall–Kier alpha value is -2.31. The highest BCUT2D eigenvalue weighted by Crippen LogP contribution is 2.32. The number of imide groups is 1. The molecule has 0 bridgehead atoms. The molecule has 3 rings (SSSR count).